The van der Waals surface area contributed by atoms with Gasteiger partial charge in [0, 0.05) is 36.2 Å². The highest BCUT2D eigenvalue weighted by molar-refractivity contribution is 9.10. The second-order valence-electron chi connectivity index (χ2n) is 5.71. The molecule has 2 rings (SSSR count). The monoisotopic (exact) mass is 325 g/mol. The zero-order valence-electron chi connectivity index (χ0n) is 12.1. The number of benzene rings is 1. The first-order valence-corrected chi connectivity index (χ1v) is 7.76. The fourth-order valence-corrected chi connectivity index (χ4v) is 3.26. The Bertz CT molecular complexity index is 408. The highest BCUT2D eigenvalue weighted by Crippen LogP contribution is 2.27. The summed E-state index contributed by atoms with van der Waals surface area (Å²) in [6, 6.07) is 9.61. The van der Waals surface area contributed by atoms with Gasteiger partial charge in [-0.3, -0.25) is 0 Å². The van der Waals surface area contributed by atoms with Gasteiger partial charge in [-0.15, -0.1) is 0 Å². The Kier molecular flexibility index (Phi) is 5.25. The molecule has 1 N–H and O–H groups in total. The van der Waals surface area contributed by atoms with Crippen molar-refractivity contribution in [2.24, 2.45) is 0 Å². The summed E-state index contributed by atoms with van der Waals surface area (Å²) in [7, 11) is 4.28. The summed E-state index contributed by atoms with van der Waals surface area (Å²) >= 11 is 3.67. The highest BCUT2D eigenvalue weighted by atomic mass is 79.9. The summed E-state index contributed by atoms with van der Waals surface area (Å²) in [5, 5.41) is 3.73. The number of anilines is 1. The van der Waals surface area contributed by atoms with Crippen LogP contribution in [0, 0.1) is 0 Å². The van der Waals surface area contributed by atoms with Crippen molar-refractivity contribution in [1.82, 2.24) is 10.2 Å². The molecule has 0 aromatic heterocycles. The number of rotatable bonds is 3. The van der Waals surface area contributed by atoms with Gasteiger partial charge in [-0.25, -0.2) is 0 Å². The Morgan fingerprint density at radius 2 is 2.11 bits per heavy atom. The van der Waals surface area contributed by atoms with Gasteiger partial charge >= 0.3 is 0 Å². The van der Waals surface area contributed by atoms with Gasteiger partial charge in [0.1, 0.15) is 0 Å². The average Bonchev–Trinajstić information content (AvgIpc) is 2.51. The summed E-state index contributed by atoms with van der Waals surface area (Å²) in [6.07, 6.45) is 1.19. The molecule has 1 fully saturated rings. The van der Waals surface area contributed by atoms with Crippen molar-refractivity contribution in [3.63, 3.8) is 0 Å². The number of para-hydroxylation sites is 1. The maximum atomic E-state index is 3.73. The van der Waals surface area contributed by atoms with Gasteiger partial charge in [0.15, 0.2) is 0 Å². The van der Waals surface area contributed by atoms with Crippen LogP contribution in [0.2, 0.25) is 0 Å². The lowest BCUT2D eigenvalue weighted by Gasteiger charge is -2.29. The second kappa shape index (κ2) is 6.73. The lowest BCUT2D eigenvalue weighted by atomic mass is 10.2. The maximum absolute atomic E-state index is 3.73. The number of nitrogens with one attached hydrogen (secondary N) is 1. The standard InChI is InChI=1S/C15H24BrN3/c1-12-8-9-19(11-13(17-12)10-18(2)3)15-7-5-4-6-14(15)16/h4-7,12-13,17H,8-11H2,1-3H3. The minimum atomic E-state index is 0.514. The molecular formula is C15H24BrN3. The third-order valence-corrected chi connectivity index (χ3v) is 4.24. The number of nitrogens with zero attached hydrogens (tertiary/aromatic N) is 2. The molecule has 1 aliphatic heterocycles. The fourth-order valence-electron chi connectivity index (χ4n) is 2.72. The van der Waals surface area contributed by atoms with Gasteiger partial charge in [0.05, 0.1) is 5.69 Å². The van der Waals surface area contributed by atoms with Crippen LogP contribution in [-0.4, -0.2) is 50.7 Å². The zero-order chi connectivity index (χ0) is 13.8. The average molecular weight is 326 g/mol. The van der Waals surface area contributed by atoms with E-state index in [4.69, 9.17) is 0 Å². The zero-order valence-corrected chi connectivity index (χ0v) is 13.7. The fraction of sp³-hybridized carbons (Fsp3) is 0.600. The number of hydrogen-bond acceptors (Lipinski definition) is 3. The van der Waals surface area contributed by atoms with E-state index < -0.39 is 0 Å². The molecule has 2 atom stereocenters. The van der Waals surface area contributed by atoms with Crippen LogP contribution >= 0.6 is 15.9 Å². The summed E-state index contributed by atoms with van der Waals surface area (Å²) in [5.74, 6) is 0. The molecule has 0 bridgehead atoms. The maximum Gasteiger partial charge on any atom is 0.0511 e. The quantitative estimate of drug-likeness (QED) is 0.921. The third kappa shape index (κ3) is 4.20. The van der Waals surface area contributed by atoms with E-state index in [-0.39, 0.29) is 0 Å². The molecule has 0 radical (unpaired) electrons. The predicted molar refractivity (Wildman–Crippen MR) is 85.9 cm³/mol. The first kappa shape index (κ1) is 14.8. The van der Waals surface area contributed by atoms with Crippen molar-refractivity contribution in [1.29, 1.82) is 0 Å². The van der Waals surface area contributed by atoms with E-state index in [0.29, 0.717) is 12.1 Å². The Balaban J connectivity index is 2.14. The second-order valence-corrected chi connectivity index (χ2v) is 6.57. The normalized spacial score (nSPS) is 24.6. The molecule has 2 unspecified atom stereocenters. The molecule has 0 saturated carbocycles. The van der Waals surface area contributed by atoms with Gasteiger partial charge in [0.25, 0.3) is 0 Å². The van der Waals surface area contributed by atoms with Gasteiger partial charge in [-0.05, 0) is 55.5 Å². The van der Waals surface area contributed by atoms with Crippen LogP contribution in [0.4, 0.5) is 5.69 Å². The molecule has 0 spiro atoms. The van der Waals surface area contributed by atoms with Crippen molar-refractivity contribution in [2.75, 3.05) is 38.6 Å². The number of halogens is 1. The minimum Gasteiger partial charge on any atom is -0.369 e. The summed E-state index contributed by atoms with van der Waals surface area (Å²) in [4.78, 5) is 4.75. The topological polar surface area (TPSA) is 18.5 Å². The molecule has 0 aliphatic carbocycles. The summed E-state index contributed by atoms with van der Waals surface area (Å²) in [6.45, 7) is 5.53. The number of hydrogen-bond donors (Lipinski definition) is 1. The van der Waals surface area contributed by atoms with Gasteiger partial charge < -0.3 is 15.1 Å². The van der Waals surface area contributed by atoms with Crippen LogP contribution < -0.4 is 10.2 Å². The van der Waals surface area contributed by atoms with Gasteiger partial charge in [0.2, 0.25) is 0 Å². The van der Waals surface area contributed by atoms with E-state index in [1.807, 2.05) is 0 Å². The number of likely N-dealkylation sites (N-methyl/N-ethyl adjacent to an activating group) is 1. The Morgan fingerprint density at radius 1 is 1.37 bits per heavy atom. The molecule has 19 heavy (non-hydrogen) atoms. The van der Waals surface area contributed by atoms with Crippen LogP contribution in [0.3, 0.4) is 0 Å². The predicted octanol–water partition coefficient (Wildman–Crippen LogP) is 2.57. The molecule has 3 nitrogen and oxygen atoms in total. The van der Waals surface area contributed by atoms with Crippen molar-refractivity contribution >= 4 is 21.6 Å². The molecule has 4 heteroatoms. The largest absolute Gasteiger partial charge is 0.369 e. The van der Waals surface area contributed by atoms with E-state index in [1.165, 1.54) is 16.6 Å². The van der Waals surface area contributed by atoms with Crippen LogP contribution in [0.5, 0.6) is 0 Å². The van der Waals surface area contributed by atoms with Crippen molar-refractivity contribution in [3.8, 4) is 0 Å². The van der Waals surface area contributed by atoms with Crippen LogP contribution in [-0.2, 0) is 0 Å². The Hall–Kier alpha value is -0.580. The Labute approximate surface area is 125 Å². The molecular weight excluding hydrogens is 302 g/mol. The lowest BCUT2D eigenvalue weighted by molar-refractivity contribution is 0.330. The van der Waals surface area contributed by atoms with Crippen LogP contribution in [0.1, 0.15) is 13.3 Å². The SMILES string of the molecule is CC1CCN(c2ccccc2Br)CC(CN(C)C)N1. The van der Waals surface area contributed by atoms with Gasteiger partial charge in [-0.1, -0.05) is 12.1 Å². The van der Waals surface area contributed by atoms with Crippen molar-refractivity contribution in [3.05, 3.63) is 28.7 Å². The summed E-state index contributed by atoms with van der Waals surface area (Å²) in [5.41, 5.74) is 1.31. The molecule has 1 heterocycles. The first-order valence-electron chi connectivity index (χ1n) is 6.96. The molecule has 1 saturated heterocycles. The third-order valence-electron chi connectivity index (χ3n) is 3.57. The van der Waals surface area contributed by atoms with E-state index in [9.17, 15) is 0 Å². The lowest BCUT2D eigenvalue weighted by Crippen LogP contribution is -2.46. The van der Waals surface area contributed by atoms with Crippen LogP contribution in [0.25, 0.3) is 0 Å². The first-order chi connectivity index (χ1) is 9.06. The van der Waals surface area contributed by atoms with E-state index in [1.54, 1.807) is 0 Å². The van der Waals surface area contributed by atoms with E-state index in [0.717, 1.165) is 19.6 Å². The molecule has 106 valence electrons. The van der Waals surface area contributed by atoms with Crippen molar-refractivity contribution < 1.29 is 0 Å². The molecule has 1 aromatic carbocycles. The van der Waals surface area contributed by atoms with E-state index >= 15 is 0 Å². The van der Waals surface area contributed by atoms with E-state index in [2.05, 4.69) is 76.3 Å². The van der Waals surface area contributed by atoms with Crippen molar-refractivity contribution in [2.45, 2.75) is 25.4 Å². The minimum absolute atomic E-state index is 0.514. The van der Waals surface area contributed by atoms with Gasteiger partial charge in [-0.2, -0.15) is 0 Å². The smallest absolute Gasteiger partial charge is 0.0511 e. The summed E-state index contributed by atoms with van der Waals surface area (Å²) < 4.78 is 1.19. The highest BCUT2D eigenvalue weighted by Gasteiger charge is 2.22. The molecule has 0 amide bonds. The molecule has 1 aromatic rings. The Morgan fingerprint density at radius 3 is 2.79 bits per heavy atom. The van der Waals surface area contributed by atoms with Crippen LogP contribution in [0.15, 0.2) is 28.7 Å². The molecule has 1 aliphatic rings.